The van der Waals surface area contributed by atoms with Crippen LogP contribution in [-0.2, 0) is 20.9 Å². The number of carbonyl (C=O) groups is 1. The van der Waals surface area contributed by atoms with Crippen molar-refractivity contribution in [3.8, 4) is 11.5 Å². The fraction of sp³-hybridized carbons (Fsp3) is 0.533. The SMILES string of the molecule is COC(=O)CC1(OCc2ccc3c(c2)OCO3)CCC1. The zero-order chi connectivity index (χ0) is 14.0. The van der Waals surface area contributed by atoms with Crippen molar-refractivity contribution in [2.75, 3.05) is 13.9 Å². The molecule has 0 N–H and O–H groups in total. The summed E-state index contributed by atoms with van der Waals surface area (Å²) in [5.74, 6) is 1.30. The van der Waals surface area contributed by atoms with E-state index in [2.05, 4.69) is 0 Å². The predicted molar refractivity (Wildman–Crippen MR) is 70.6 cm³/mol. The molecule has 1 fully saturated rings. The first-order chi connectivity index (χ1) is 9.71. The molecule has 0 radical (unpaired) electrons. The number of benzene rings is 1. The third-order valence-electron chi connectivity index (χ3n) is 3.94. The van der Waals surface area contributed by atoms with Crippen LogP contribution in [-0.4, -0.2) is 25.5 Å². The van der Waals surface area contributed by atoms with Crippen molar-refractivity contribution in [1.29, 1.82) is 0 Å². The van der Waals surface area contributed by atoms with Crippen molar-refractivity contribution in [3.05, 3.63) is 23.8 Å². The summed E-state index contributed by atoms with van der Waals surface area (Å²) >= 11 is 0. The van der Waals surface area contributed by atoms with Gasteiger partial charge in [-0.3, -0.25) is 4.79 Å². The lowest BCUT2D eigenvalue weighted by Gasteiger charge is -2.40. The second kappa shape index (κ2) is 5.32. The molecule has 0 bridgehead atoms. The molecule has 0 spiro atoms. The van der Waals surface area contributed by atoms with Crippen LogP contribution in [0.3, 0.4) is 0 Å². The molecule has 1 aromatic rings. The quantitative estimate of drug-likeness (QED) is 0.774. The van der Waals surface area contributed by atoms with Crippen molar-refractivity contribution in [2.45, 2.75) is 37.9 Å². The Bertz CT molecular complexity index is 507. The second-order valence-corrected chi connectivity index (χ2v) is 5.27. The zero-order valence-corrected chi connectivity index (χ0v) is 11.5. The second-order valence-electron chi connectivity index (χ2n) is 5.27. The lowest BCUT2D eigenvalue weighted by molar-refractivity contribution is -0.159. The summed E-state index contributed by atoms with van der Waals surface area (Å²) in [5, 5.41) is 0. The van der Waals surface area contributed by atoms with E-state index >= 15 is 0 Å². The number of ether oxygens (including phenoxy) is 4. The van der Waals surface area contributed by atoms with E-state index in [0.29, 0.717) is 13.0 Å². The van der Waals surface area contributed by atoms with Gasteiger partial charge in [-0.1, -0.05) is 6.07 Å². The molecule has 1 heterocycles. The first-order valence-electron chi connectivity index (χ1n) is 6.80. The van der Waals surface area contributed by atoms with Gasteiger partial charge >= 0.3 is 5.97 Å². The predicted octanol–water partition coefficient (Wildman–Crippen LogP) is 2.42. The van der Waals surface area contributed by atoms with Gasteiger partial charge in [-0.15, -0.1) is 0 Å². The van der Waals surface area contributed by atoms with Gasteiger partial charge < -0.3 is 18.9 Å². The Hall–Kier alpha value is -1.75. The minimum Gasteiger partial charge on any atom is -0.469 e. The molecule has 5 nitrogen and oxygen atoms in total. The Morgan fingerprint density at radius 1 is 1.30 bits per heavy atom. The number of hydrogen-bond donors (Lipinski definition) is 0. The van der Waals surface area contributed by atoms with Gasteiger partial charge in [0.2, 0.25) is 6.79 Å². The molecule has 0 atom stereocenters. The van der Waals surface area contributed by atoms with Gasteiger partial charge in [0.25, 0.3) is 0 Å². The molecule has 108 valence electrons. The summed E-state index contributed by atoms with van der Waals surface area (Å²) in [4.78, 5) is 11.4. The molecule has 0 saturated heterocycles. The largest absolute Gasteiger partial charge is 0.469 e. The number of hydrogen-bond acceptors (Lipinski definition) is 5. The molecule has 3 rings (SSSR count). The van der Waals surface area contributed by atoms with E-state index in [1.165, 1.54) is 7.11 Å². The lowest BCUT2D eigenvalue weighted by atomic mass is 9.77. The van der Waals surface area contributed by atoms with Gasteiger partial charge in [0.1, 0.15) is 0 Å². The van der Waals surface area contributed by atoms with Crippen molar-refractivity contribution in [3.63, 3.8) is 0 Å². The average Bonchev–Trinajstić information content (AvgIpc) is 2.88. The highest BCUT2D eigenvalue weighted by Gasteiger charge is 2.40. The first kappa shape index (κ1) is 13.2. The van der Waals surface area contributed by atoms with Crippen LogP contribution in [0.1, 0.15) is 31.2 Å². The monoisotopic (exact) mass is 278 g/mol. The molecule has 1 saturated carbocycles. The average molecular weight is 278 g/mol. The summed E-state index contributed by atoms with van der Waals surface area (Å²) in [7, 11) is 1.41. The number of methoxy groups -OCH3 is 1. The topological polar surface area (TPSA) is 54.0 Å². The van der Waals surface area contributed by atoms with Crippen LogP contribution in [0, 0.1) is 0 Å². The van der Waals surface area contributed by atoms with Crippen LogP contribution in [0.2, 0.25) is 0 Å². The molecule has 0 amide bonds. The van der Waals surface area contributed by atoms with Gasteiger partial charge in [-0.25, -0.2) is 0 Å². The van der Waals surface area contributed by atoms with Gasteiger partial charge in [0.15, 0.2) is 11.5 Å². The van der Waals surface area contributed by atoms with E-state index in [1.54, 1.807) is 0 Å². The standard InChI is InChI=1S/C15H18O5/c1-17-14(16)8-15(5-2-6-15)20-9-11-3-4-12-13(7-11)19-10-18-12/h3-4,7H,2,5-6,8-10H2,1H3. The van der Waals surface area contributed by atoms with E-state index in [4.69, 9.17) is 18.9 Å². The lowest BCUT2D eigenvalue weighted by Crippen LogP contribution is -2.42. The first-order valence-corrected chi connectivity index (χ1v) is 6.80. The molecule has 0 unspecified atom stereocenters. The Kier molecular flexibility index (Phi) is 3.53. The fourth-order valence-electron chi connectivity index (χ4n) is 2.55. The molecule has 20 heavy (non-hydrogen) atoms. The maximum atomic E-state index is 11.4. The number of rotatable bonds is 5. The molecular weight excluding hydrogens is 260 g/mol. The molecule has 5 heteroatoms. The van der Waals surface area contributed by atoms with Crippen molar-refractivity contribution in [2.24, 2.45) is 0 Å². The molecular formula is C15H18O5. The maximum Gasteiger partial charge on any atom is 0.308 e. The van der Waals surface area contributed by atoms with Crippen LogP contribution in [0.4, 0.5) is 0 Å². The van der Waals surface area contributed by atoms with E-state index in [1.807, 2.05) is 18.2 Å². The summed E-state index contributed by atoms with van der Waals surface area (Å²) in [6, 6.07) is 5.76. The Labute approximate surface area is 117 Å². The van der Waals surface area contributed by atoms with E-state index in [-0.39, 0.29) is 18.4 Å². The molecule has 0 aromatic heterocycles. The van der Waals surface area contributed by atoms with Gasteiger partial charge in [0.05, 0.1) is 25.7 Å². The highest BCUT2D eigenvalue weighted by Crippen LogP contribution is 2.40. The van der Waals surface area contributed by atoms with E-state index < -0.39 is 0 Å². The third-order valence-corrected chi connectivity index (χ3v) is 3.94. The fourth-order valence-corrected chi connectivity index (χ4v) is 2.55. The molecule has 1 aliphatic carbocycles. The molecule has 1 aromatic carbocycles. The normalized spacial score (nSPS) is 18.4. The highest BCUT2D eigenvalue weighted by atomic mass is 16.7. The Balaban J connectivity index is 1.62. The number of fused-ring (bicyclic) bond motifs is 1. The van der Waals surface area contributed by atoms with Crippen LogP contribution >= 0.6 is 0 Å². The van der Waals surface area contributed by atoms with Crippen LogP contribution < -0.4 is 9.47 Å². The third kappa shape index (κ3) is 2.58. The van der Waals surface area contributed by atoms with E-state index in [9.17, 15) is 4.79 Å². The zero-order valence-electron chi connectivity index (χ0n) is 11.5. The van der Waals surface area contributed by atoms with Gasteiger partial charge in [-0.05, 0) is 37.0 Å². The summed E-state index contributed by atoms with van der Waals surface area (Å²) < 4.78 is 21.3. The van der Waals surface area contributed by atoms with Crippen LogP contribution in [0.15, 0.2) is 18.2 Å². The maximum absolute atomic E-state index is 11.4. The summed E-state index contributed by atoms with van der Waals surface area (Å²) in [5.41, 5.74) is 0.675. The minimum atomic E-state index is -0.344. The van der Waals surface area contributed by atoms with Gasteiger partial charge in [-0.2, -0.15) is 0 Å². The highest BCUT2D eigenvalue weighted by molar-refractivity contribution is 5.70. The smallest absolute Gasteiger partial charge is 0.308 e. The minimum absolute atomic E-state index is 0.213. The Morgan fingerprint density at radius 3 is 2.80 bits per heavy atom. The molecule has 1 aliphatic heterocycles. The summed E-state index contributed by atoms with van der Waals surface area (Å²) in [6.45, 7) is 0.736. The number of esters is 1. The summed E-state index contributed by atoms with van der Waals surface area (Å²) in [6.07, 6.45) is 3.24. The van der Waals surface area contributed by atoms with Gasteiger partial charge in [0, 0.05) is 0 Å². The van der Waals surface area contributed by atoms with Crippen molar-refractivity contribution >= 4 is 5.97 Å². The van der Waals surface area contributed by atoms with Crippen LogP contribution in [0.25, 0.3) is 0 Å². The van der Waals surface area contributed by atoms with Crippen LogP contribution in [0.5, 0.6) is 11.5 Å². The van der Waals surface area contributed by atoms with Crippen molar-refractivity contribution < 1.29 is 23.7 Å². The van der Waals surface area contributed by atoms with E-state index in [0.717, 1.165) is 36.3 Å². The molecule has 2 aliphatic rings. The Morgan fingerprint density at radius 2 is 2.10 bits per heavy atom. The number of carbonyl (C=O) groups excluding carboxylic acids is 1. The van der Waals surface area contributed by atoms with Crippen molar-refractivity contribution in [1.82, 2.24) is 0 Å².